The van der Waals surface area contributed by atoms with Gasteiger partial charge in [0, 0.05) is 31.7 Å². The molecule has 1 atom stereocenters. The zero-order chi connectivity index (χ0) is 22.0. The van der Waals surface area contributed by atoms with Crippen molar-refractivity contribution in [3.8, 4) is 11.5 Å². The molecule has 0 bridgehead atoms. The van der Waals surface area contributed by atoms with Crippen molar-refractivity contribution in [2.45, 2.75) is 17.9 Å². The molecule has 1 amide bonds. The van der Waals surface area contributed by atoms with Crippen LogP contribution in [0.15, 0.2) is 47.4 Å². The number of piperazine rings is 1. The Labute approximate surface area is 182 Å². The Kier molecular flexibility index (Phi) is 6.17. The van der Waals surface area contributed by atoms with Gasteiger partial charge < -0.3 is 19.7 Å². The SMILES string of the molecule is CC(NC(=O)c1cccc(S(=O)(=O)N2CCN(C)CC2)c1)c1ccc2c(c1)OCCO2. The Morgan fingerprint density at radius 3 is 2.45 bits per heavy atom. The molecule has 0 radical (unpaired) electrons. The van der Waals surface area contributed by atoms with Crippen LogP contribution in [-0.2, 0) is 10.0 Å². The van der Waals surface area contributed by atoms with E-state index in [9.17, 15) is 13.2 Å². The molecule has 2 aliphatic rings. The normalized spacial score (nSPS) is 18.4. The van der Waals surface area contributed by atoms with Gasteiger partial charge in [-0.25, -0.2) is 8.42 Å². The van der Waals surface area contributed by atoms with Gasteiger partial charge in [-0.15, -0.1) is 0 Å². The Morgan fingerprint density at radius 2 is 1.71 bits per heavy atom. The number of hydrogen-bond acceptors (Lipinski definition) is 6. The fourth-order valence-corrected chi connectivity index (χ4v) is 5.14. The lowest BCUT2D eigenvalue weighted by Gasteiger charge is -2.31. The monoisotopic (exact) mass is 445 g/mol. The van der Waals surface area contributed by atoms with E-state index in [1.165, 1.54) is 16.4 Å². The fraction of sp³-hybridized carbons (Fsp3) is 0.409. The zero-order valence-electron chi connectivity index (χ0n) is 17.7. The number of ether oxygens (including phenoxy) is 2. The predicted octanol–water partition coefficient (Wildman–Crippen LogP) is 1.88. The van der Waals surface area contributed by atoms with Crippen LogP contribution < -0.4 is 14.8 Å². The summed E-state index contributed by atoms with van der Waals surface area (Å²) in [6.07, 6.45) is 0. The van der Waals surface area contributed by atoms with E-state index in [0.717, 1.165) is 5.56 Å². The number of fused-ring (bicyclic) bond motifs is 1. The topological polar surface area (TPSA) is 88.2 Å². The van der Waals surface area contributed by atoms with Crippen LogP contribution in [0, 0.1) is 0 Å². The first kappa shape index (κ1) is 21.6. The Hall–Kier alpha value is -2.62. The number of rotatable bonds is 5. The number of carbonyl (C=O) groups excluding carboxylic acids is 1. The second kappa shape index (κ2) is 8.86. The van der Waals surface area contributed by atoms with Crippen molar-refractivity contribution in [2.24, 2.45) is 0 Å². The van der Waals surface area contributed by atoms with Gasteiger partial charge in [-0.05, 0) is 49.9 Å². The molecule has 1 N–H and O–H groups in total. The van der Waals surface area contributed by atoms with E-state index in [0.29, 0.717) is 56.5 Å². The highest BCUT2D eigenvalue weighted by Crippen LogP contribution is 2.32. The quantitative estimate of drug-likeness (QED) is 0.756. The lowest BCUT2D eigenvalue weighted by molar-refractivity contribution is 0.0939. The maximum Gasteiger partial charge on any atom is 0.251 e. The molecule has 1 unspecified atom stereocenters. The van der Waals surface area contributed by atoms with Crippen molar-refractivity contribution in [1.82, 2.24) is 14.5 Å². The number of likely N-dealkylation sites (N-methyl/N-ethyl adjacent to an activating group) is 1. The summed E-state index contributed by atoms with van der Waals surface area (Å²) in [4.78, 5) is 15.1. The van der Waals surface area contributed by atoms with Crippen LogP contribution in [0.2, 0.25) is 0 Å². The van der Waals surface area contributed by atoms with Gasteiger partial charge in [-0.2, -0.15) is 4.31 Å². The average molecular weight is 446 g/mol. The summed E-state index contributed by atoms with van der Waals surface area (Å²) in [7, 11) is -1.67. The molecule has 8 nitrogen and oxygen atoms in total. The van der Waals surface area contributed by atoms with E-state index in [2.05, 4.69) is 10.2 Å². The summed E-state index contributed by atoms with van der Waals surface area (Å²) in [5.41, 5.74) is 1.18. The van der Waals surface area contributed by atoms with E-state index in [1.807, 2.05) is 32.2 Å². The largest absolute Gasteiger partial charge is 0.486 e. The van der Waals surface area contributed by atoms with Crippen LogP contribution in [0.4, 0.5) is 0 Å². The number of benzene rings is 2. The second-order valence-corrected chi connectivity index (χ2v) is 9.77. The third-order valence-electron chi connectivity index (χ3n) is 5.61. The molecule has 0 aliphatic carbocycles. The molecule has 4 rings (SSSR count). The Morgan fingerprint density at radius 1 is 1.00 bits per heavy atom. The molecule has 166 valence electrons. The van der Waals surface area contributed by atoms with E-state index < -0.39 is 10.0 Å². The molecular formula is C22H27N3O5S. The van der Waals surface area contributed by atoms with Crippen LogP contribution in [0.3, 0.4) is 0 Å². The average Bonchev–Trinajstić information content (AvgIpc) is 2.79. The summed E-state index contributed by atoms with van der Waals surface area (Å²) in [6, 6.07) is 11.5. The smallest absolute Gasteiger partial charge is 0.251 e. The third-order valence-corrected chi connectivity index (χ3v) is 7.50. The minimum Gasteiger partial charge on any atom is -0.486 e. The van der Waals surface area contributed by atoms with Crippen molar-refractivity contribution in [3.05, 3.63) is 53.6 Å². The van der Waals surface area contributed by atoms with Crippen LogP contribution in [-0.4, -0.2) is 70.0 Å². The van der Waals surface area contributed by atoms with Crippen molar-refractivity contribution in [1.29, 1.82) is 0 Å². The summed E-state index contributed by atoms with van der Waals surface area (Å²) >= 11 is 0. The van der Waals surface area contributed by atoms with Gasteiger partial charge >= 0.3 is 0 Å². The first-order valence-electron chi connectivity index (χ1n) is 10.3. The third kappa shape index (κ3) is 4.68. The summed E-state index contributed by atoms with van der Waals surface area (Å²) in [5, 5.41) is 2.93. The van der Waals surface area contributed by atoms with Gasteiger partial charge in [0.1, 0.15) is 13.2 Å². The lowest BCUT2D eigenvalue weighted by Crippen LogP contribution is -2.47. The van der Waals surface area contributed by atoms with Crippen molar-refractivity contribution >= 4 is 15.9 Å². The van der Waals surface area contributed by atoms with Gasteiger partial charge in [0.25, 0.3) is 5.91 Å². The number of sulfonamides is 1. The summed E-state index contributed by atoms with van der Waals surface area (Å²) < 4.78 is 38.6. The van der Waals surface area contributed by atoms with E-state index in [1.54, 1.807) is 12.1 Å². The lowest BCUT2D eigenvalue weighted by atomic mass is 10.1. The summed E-state index contributed by atoms with van der Waals surface area (Å²) in [6.45, 7) is 5.14. The number of hydrogen-bond donors (Lipinski definition) is 1. The minimum absolute atomic E-state index is 0.136. The van der Waals surface area contributed by atoms with E-state index in [4.69, 9.17) is 9.47 Å². The molecular weight excluding hydrogens is 418 g/mol. The first-order valence-corrected chi connectivity index (χ1v) is 11.8. The predicted molar refractivity (Wildman–Crippen MR) is 116 cm³/mol. The highest BCUT2D eigenvalue weighted by Gasteiger charge is 2.28. The molecule has 0 saturated carbocycles. The number of amides is 1. The molecule has 9 heteroatoms. The number of carbonyl (C=O) groups is 1. The molecule has 1 fully saturated rings. The molecule has 1 saturated heterocycles. The van der Waals surface area contributed by atoms with E-state index in [-0.39, 0.29) is 16.8 Å². The highest BCUT2D eigenvalue weighted by atomic mass is 32.2. The second-order valence-electron chi connectivity index (χ2n) is 7.83. The maximum absolute atomic E-state index is 13.0. The molecule has 2 aliphatic heterocycles. The number of nitrogens with zero attached hydrogens (tertiary/aromatic N) is 2. The zero-order valence-corrected chi connectivity index (χ0v) is 18.5. The van der Waals surface area contributed by atoms with Crippen molar-refractivity contribution in [2.75, 3.05) is 46.4 Å². The molecule has 2 aromatic rings. The minimum atomic E-state index is -3.64. The summed E-state index contributed by atoms with van der Waals surface area (Å²) in [5.74, 6) is 1.01. The van der Waals surface area contributed by atoms with Gasteiger partial charge in [0.15, 0.2) is 11.5 Å². The van der Waals surface area contributed by atoms with Crippen LogP contribution >= 0.6 is 0 Å². The fourth-order valence-electron chi connectivity index (χ4n) is 3.67. The van der Waals surface area contributed by atoms with E-state index >= 15 is 0 Å². The van der Waals surface area contributed by atoms with Crippen molar-refractivity contribution in [3.63, 3.8) is 0 Å². The van der Waals surface area contributed by atoms with Crippen LogP contribution in [0.1, 0.15) is 28.9 Å². The van der Waals surface area contributed by atoms with Gasteiger partial charge in [0.2, 0.25) is 10.0 Å². The van der Waals surface area contributed by atoms with Gasteiger partial charge in [0.05, 0.1) is 10.9 Å². The molecule has 0 spiro atoms. The van der Waals surface area contributed by atoms with Crippen molar-refractivity contribution < 1.29 is 22.7 Å². The Balaban J connectivity index is 1.48. The number of nitrogens with one attached hydrogen (secondary N) is 1. The molecule has 31 heavy (non-hydrogen) atoms. The van der Waals surface area contributed by atoms with Gasteiger partial charge in [-0.1, -0.05) is 12.1 Å². The maximum atomic E-state index is 13.0. The molecule has 2 aromatic carbocycles. The van der Waals surface area contributed by atoms with Crippen LogP contribution in [0.25, 0.3) is 0 Å². The highest BCUT2D eigenvalue weighted by molar-refractivity contribution is 7.89. The standard InChI is InChI=1S/C22H27N3O5S/c1-16(17-6-7-20-21(15-17)30-13-12-29-20)23-22(26)18-4-3-5-19(14-18)31(27,28)25-10-8-24(2)9-11-25/h3-7,14-16H,8-13H2,1-2H3,(H,23,26). The Bertz CT molecular complexity index is 1060. The first-order chi connectivity index (χ1) is 14.8. The molecule has 0 aromatic heterocycles. The van der Waals surface area contributed by atoms with Gasteiger partial charge in [-0.3, -0.25) is 4.79 Å². The molecule has 2 heterocycles. The van der Waals surface area contributed by atoms with Crippen LogP contribution in [0.5, 0.6) is 11.5 Å².